The Hall–Kier alpha value is -3.43. The van der Waals surface area contributed by atoms with Crippen LogP contribution in [-0.2, 0) is 35.1 Å². The topological polar surface area (TPSA) is 162 Å². The largest absolute Gasteiger partial charge is 0.394 e. The zero-order valence-corrected chi connectivity index (χ0v) is 34.4. The van der Waals surface area contributed by atoms with E-state index in [2.05, 4.69) is 20.9 Å². The fraction of sp³-hybridized carbons (Fsp3) is 0.675. The minimum atomic E-state index is -0.851. The first kappa shape index (κ1) is 45.0. The Labute approximate surface area is 325 Å². The van der Waals surface area contributed by atoms with Crippen molar-refractivity contribution >= 4 is 35.0 Å². The number of hydrogen-bond acceptors (Lipinski definition) is 10. The molecule has 1 aliphatic heterocycles. The van der Waals surface area contributed by atoms with Gasteiger partial charge >= 0.3 is 0 Å². The normalized spacial score (nSPS) is 19.4. The van der Waals surface area contributed by atoms with E-state index in [-0.39, 0.29) is 48.1 Å². The minimum Gasteiger partial charge on any atom is -0.394 e. The molecule has 3 rings (SSSR count). The van der Waals surface area contributed by atoms with E-state index in [1.807, 2.05) is 75.2 Å². The van der Waals surface area contributed by atoms with E-state index < -0.39 is 48.8 Å². The van der Waals surface area contributed by atoms with E-state index in [4.69, 9.17) is 9.47 Å². The second-order valence-electron chi connectivity index (χ2n) is 14.6. The molecule has 1 aromatic heterocycles. The van der Waals surface area contributed by atoms with Crippen molar-refractivity contribution in [3.63, 3.8) is 0 Å². The molecule has 1 aliphatic rings. The third kappa shape index (κ3) is 11.5. The monoisotopic (exact) mass is 772 g/mol. The minimum absolute atomic E-state index is 0.0204. The van der Waals surface area contributed by atoms with Crippen molar-refractivity contribution < 1.29 is 33.8 Å². The van der Waals surface area contributed by atoms with Gasteiger partial charge in [0.05, 0.1) is 49.3 Å². The number of nitrogens with zero attached hydrogens (tertiary/aromatic N) is 3. The van der Waals surface area contributed by atoms with Crippen LogP contribution in [0.15, 0.2) is 41.9 Å². The summed E-state index contributed by atoms with van der Waals surface area (Å²) in [5.41, 5.74) is 1.08. The lowest BCUT2D eigenvalue weighted by molar-refractivity contribution is -0.148. The maximum atomic E-state index is 14.2. The van der Waals surface area contributed by atoms with Crippen molar-refractivity contribution in [1.29, 1.82) is 0 Å². The standard InChI is InChI=1S/C40H64N6O7S/c1-10-25(3)34(44-38(50)30(24-47)41-6)40(51)45(7)35(26(4)11-2)32(52-8)23-33(48)46-20-15-18-31(46)36(53-9)27(5)37(49)43-29(39-42-19-21-54-39)22-28-16-13-12-14-17-28/h12-14,16-17,19,21,25-27,29-32,34-36,41,47H,10-11,15,18,20,22-24H2,1-9H3,(H,43,49)(H,44,50)/t25-,26-,27+,29-,30-,31-,32+,34-,35-,36+/m0/s1. The van der Waals surface area contributed by atoms with Gasteiger partial charge in [-0.3, -0.25) is 19.2 Å². The van der Waals surface area contributed by atoms with Crippen molar-refractivity contribution in [2.24, 2.45) is 17.8 Å². The summed E-state index contributed by atoms with van der Waals surface area (Å²) in [7, 11) is 6.42. The van der Waals surface area contributed by atoms with Crippen LogP contribution < -0.4 is 16.0 Å². The molecule has 4 N–H and O–H groups in total. The lowest BCUT2D eigenvalue weighted by Crippen LogP contribution is -2.59. The molecular weight excluding hydrogens is 709 g/mol. The summed E-state index contributed by atoms with van der Waals surface area (Å²) < 4.78 is 12.0. The van der Waals surface area contributed by atoms with Gasteiger partial charge in [-0.05, 0) is 43.7 Å². The van der Waals surface area contributed by atoms with Gasteiger partial charge in [-0.2, -0.15) is 0 Å². The number of hydrogen-bond donors (Lipinski definition) is 4. The van der Waals surface area contributed by atoms with Crippen molar-refractivity contribution in [1.82, 2.24) is 30.7 Å². The van der Waals surface area contributed by atoms with Crippen LogP contribution >= 0.6 is 11.3 Å². The number of aliphatic hydroxyl groups excluding tert-OH is 1. The molecule has 1 saturated heterocycles. The molecule has 0 radical (unpaired) electrons. The number of carbonyl (C=O) groups is 4. The molecule has 0 saturated carbocycles. The molecule has 0 aliphatic carbocycles. The van der Waals surface area contributed by atoms with E-state index >= 15 is 0 Å². The smallest absolute Gasteiger partial charge is 0.245 e. The second-order valence-corrected chi connectivity index (χ2v) is 15.5. The Morgan fingerprint density at radius 1 is 1.02 bits per heavy atom. The van der Waals surface area contributed by atoms with E-state index in [0.717, 1.165) is 23.4 Å². The third-order valence-corrected chi connectivity index (χ3v) is 12.1. The molecule has 13 nitrogen and oxygen atoms in total. The van der Waals surface area contributed by atoms with Crippen molar-refractivity contribution in [3.05, 3.63) is 52.5 Å². The average molecular weight is 773 g/mol. The summed E-state index contributed by atoms with van der Waals surface area (Å²) in [5.74, 6) is -1.85. The molecule has 2 aromatic rings. The number of methoxy groups -OCH3 is 2. The molecule has 1 fully saturated rings. The zero-order valence-electron chi connectivity index (χ0n) is 33.6. The molecule has 0 unspecified atom stereocenters. The fourth-order valence-corrected chi connectivity index (χ4v) is 8.22. The number of thiazole rings is 1. The Morgan fingerprint density at radius 3 is 2.26 bits per heavy atom. The number of aliphatic hydroxyl groups is 1. The summed E-state index contributed by atoms with van der Waals surface area (Å²) in [5, 5.41) is 21.2. The van der Waals surface area contributed by atoms with Crippen molar-refractivity contribution in [3.8, 4) is 0 Å². The molecule has 4 amide bonds. The zero-order chi connectivity index (χ0) is 39.9. The number of aromatic nitrogens is 1. The number of nitrogens with one attached hydrogen (secondary N) is 3. The highest BCUT2D eigenvalue weighted by Crippen LogP contribution is 2.30. The quantitative estimate of drug-likeness (QED) is 0.140. The van der Waals surface area contributed by atoms with E-state index in [1.165, 1.54) is 11.3 Å². The van der Waals surface area contributed by atoms with Gasteiger partial charge in [-0.1, -0.05) is 77.8 Å². The maximum Gasteiger partial charge on any atom is 0.245 e. The summed E-state index contributed by atoms with van der Waals surface area (Å²) in [6.45, 7) is 9.87. The SMILES string of the molecule is CC[C@H](C)[C@@H]([C@@H](CC(=O)N1CCC[C@H]1[C@H](OC)[C@@H](C)C(=O)N[C@@H](Cc1ccccc1)c1nccs1)OC)N(C)C(=O)[C@@H](NC(=O)[C@H](CO)NC)[C@@H](C)CC. The number of likely N-dealkylation sites (N-methyl/N-ethyl adjacent to an activating group) is 2. The highest BCUT2D eigenvalue weighted by molar-refractivity contribution is 7.09. The third-order valence-electron chi connectivity index (χ3n) is 11.2. The van der Waals surface area contributed by atoms with Gasteiger partial charge in [0.25, 0.3) is 0 Å². The summed E-state index contributed by atoms with van der Waals surface area (Å²) >= 11 is 1.50. The first-order valence-corrected chi connectivity index (χ1v) is 20.2. The Morgan fingerprint density at radius 2 is 1.70 bits per heavy atom. The number of amides is 4. The predicted molar refractivity (Wildman–Crippen MR) is 211 cm³/mol. The average Bonchev–Trinajstić information content (AvgIpc) is 3.90. The van der Waals surface area contributed by atoms with Crippen molar-refractivity contribution in [2.45, 2.75) is 116 Å². The number of ether oxygens (including phenoxy) is 2. The highest BCUT2D eigenvalue weighted by Gasteiger charge is 2.43. The summed E-state index contributed by atoms with van der Waals surface area (Å²) in [6.07, 6.45) is 3.97. The number of carbonyl (C=O) groups excluding carboxylic acids is 4. The molecule has 54 heavy (non-hydrogen) atoms. The van der Waals surface area contributed by atoms with E-state index in [1.54, 1.807) is 39.4 Å². The summed E-state index contributed by atoms with van der Waals surface area (Å²) in [4.78, 5) is 63.2. The van der Waals surface area contributed by atoms with E-state index in [9.17, 15) is 24.3 Å². The maximum absolute atomic E-state index is 14.2. The summed E-state index contributed by atoms with van der Waals surface area (Å²) in [6, 6.07) is 7.17. The van der Waals surface area contributed by atoms with Crippen LogP contribution in [0.5, 0.6) is 0 Å². The lowest BCUT2D eigenvalue weighted by Gasteiger charge is -2.41. The van der Waals surface area contributed by atoms with Gasteiger partial charge < -0.3 is 40.3 Å². The van der Waals surface area contributed by atoms with Crippen LogP contribution in [0.4, 0.5) is 0 Å². The van der Waals surface area contributed by atoms with Crippen LogP contribution in [-0.4, -0.2) is 121 Å². The van der Waals surface area contributed by atoms with Crippen LogP contribution in [0, 0.1) is 17.8 Å². The Kier molecular flexibility index (Phi) is 18.5. The molecule has 2 heterocycles. The van der Waals surface area contributed by atoms with Gasteiger partial charge in [0.15, 0.2) is 0 Å². The molecule has 10 atom stereocenters. The Bertz CT molecular complexity index is 1450. The molecule has 302 valence electrons. The fourth-order valence-electron chi connectivity index (χ4n) is 7.53. The first-order valence-electron chi connectivity index (χ1n) is 19.3. The molecule has 1 aromatic carbocycles. The number of likely N-dealkylation sites (tertiary alicyclic amines) is 1. The second kappa shape index (κ2) is 22.2. The molecule has 14 heteroatoms. The number of rotatable bonds is 22. The van der Waals surface area contributed by atoms with Crippen LogP contribution in [0.3, 0.4) is 0 Å². The Balaban J connectivity index is 1.79. The molecule has 0 bridgehead atoms. The van der Waals surface area contributed by atoms with Gasteiger partial charge in [-0.15, -0.1) is 11.3 Å². The number of benzene rings is 1. The van der Waals surface area contributed by atoms with Crippen LogP contribution in [0.25, 0.3) is 0 Å². The van der Waals surface area contributed by atoms with Gasteiger partial charge in [0, 0.05) is 39.4 Å². The van der Waals surface area contributed by atoms with Crippen molar-refractivity contribution in [2.75, 3.05) is 41.5 Å². The van der Waals surface area contributed by atoms with Gasteiger partial charge in [-0.25, -0.2) is 4.98 Å². The van der Waals surface area contributed by atoms with E-state index in [0.29, 0.717) is 25.8 Å². The predicted octanol–water partition coefficient (Wildman–Crippen LogP) is 3.57. The molecular formula is C40H64N6O7S. The van der Waals surface area contributed by atoms with Gasteiger partial charge in [0.1, 0.15) is 17.1 Å². The highest BCUT2D eigenvalue weighted by atomic mass is 32.1. The van der Waals surface area contributed by atoms with Crippen LogP contribution in [0.1, 0.15) is 83.3 Å². The van der Waals surface area contributed by atoms with Crippen LogP contribution in [0.2, 0.25) is 0 Å². The first-order chi connectivity index (χ1) is 25.9. The lowest BCUT2D eigenvalue weighted by atomic mass is 9.89. The van der Waals surface area contributed by atoms with Gasteiger partial charge in [0.2, 0.25) is 23.6 Å². The molecule has 0 spiro atoms.